The van der Waals surface area contributed by atoms with Crippen molar-refractivity contribution in [1.82, 2.24) is 4.98 Å². The molecule has 7 heteroatoms. The zero-order chi connectivity index (χ0) is 20.4. The van der Waals surface area contributed by atoms with Crippen LogP contribution in [0.15, 0.2) is 30.8 Å². The number of benzene rings is 1. The third-order valence-corrected chi connectivity index (χ3v) is 4.55. The summed E-state index contributed by atoms with van der Waals surface area (Å²) in [6.07, 6.45) is -3.70. The van der Waals surface area contributed by atoms with Crippen molar-refractivity contribution < 1.29 is 27.4 Å². The van der Waals surface area contributed by atoms with Crippen LogP contribution in [0.5, 0.6) is 5.88 Å². The van der Waals surface area contributed by atoms with Crippen molar-refractivity contribution in [1.29, 1.82) is 0 Å². The zero-order valence-corrected chi connectivity index (χ0v) is 15.6. The van der Waals surface area contributed by atoms with Crippen molar-refractivity contribution in [3.8, 4) is 17.0 Å². The smallest absolute Gasteiger partial charge is 0.357 e. The molecule has 2 aromatic rings. The highest BCUT2D eigenvalue weighted by atomic mass is 19.3. The number of ether oxygens (including phenoxy) is 2. The van der Waals surface area contributed by atoms with Gasteiger partial charge >= 0.3 is 5.97 Å². The van der Waals surface area contributed by atoms with Gasteiger partial charge in [0.2, 0.25) is 5.88 Å². The summed E-state index contributed by atoms with van der Waals surface area (Å²) < 4.78 is 51.3. The Hall–Kier alpha value is -2.83. The lowest BCUT2D eigenvalue weighted by Gasteiger charge is -2.26. The second kappa shape index (κ2) is 8.04. The lowest BCUT2D eigenvalue weighted by Crippen LogP contribution is -2.31. The van der Waals surface area contributed by atoms with Crippen molar-refractivity contribution in [3.05, 3.63) is 53.5 Å². The standard InChI is InChI=1S/C21H20F3NO3/c1-4-27-21(26)17-10-15(13-6-5-12(11(2)3)9-16(13)22)14-7-8-18(19(23)24)28-20(14)25-17/h5-6,9-10,18-19H,2,4,7-8H2,1,3H3. The Kier molecular flexibility index (Phi) is 5.72. The van der Waals surface area contributed by atoms with E-state index in [0.29, 0.717) is 22.3 Å². The molecule has 0 N–H and O–H groups in total. The second-order valence-electron chi connectivity index (χ2n) is 6.56. The van der Waals surface area contributed by atoms with Gasteiger partial charge in [-0.05, 0) is 49.9 Å². The third kappa shape index (κ3) is 3.88. The van der Waals surface area contributed by atoms with E-state index < -0.39 is 24.3 Å². The van der Waals surface area contributed by atoms with Gasteiger partial charge in [0.05, 0.1) is 6.61 Å². The molecule has 0 amide bonds. The van der Waals surface area contributed by atoms with Gasteiger partial charge in [0.15, 0.2) is 11.8 Å². The number of carbonyl (C=O) groups is 1. The van der Waals surface area contributed by atoms with Crippen LogP contribution >= 0.6 is 0 Å². The monoisotopic (exact) mass is 391 g/mol. The molecule has 0 fully saturated rings. The maximum atomic E-state index is 14.8. The molecule has 1 aromatic heterocycles. The van der Waals surface area contributed by atoms with Gasteiger partial charge in [-0.3, -0.25) is 0 Å². The van der Waals surface area contributed by atoms with E-state index in [2.05, 4.69) is 11.6 Å². The molecule has 1 aliphatic heterocycles. The topological polar surface area (TPSA) is 48.4 Å². The quantitative estimate of drug-likeness (QED) is 0.669. The number of carbonyl (C=O) groups excluding carboxylic acids is 1. The van der Waals surface area contributed by atoms with E-state index in [1.807, 2.05) is 0 Å². The number of nitrogens with zero attached hydrogens (tertiary/aromatic N) is 1. The average Bonchev–Trinajstić information content (AvgIpc) is 2.66. The number of fused-ring (bicyclic) bond motifs is 1. The molecule has 0 saturated heterocycles. The number of halogens is 3. The highest BCUT2D eigenvalue weighted by molar-refractivity contribution is 5.90. The number of pyridine rings is 1. The lowest BCUT2D eigenvalue weighted by atomic mass is 9.93. The number of hydrogen-bond acceptors (Lipinski definition) is 4. The molecule has 1 aromatic carbocycles. The minimum Gasteiger partial charge on any atom is -0.468 e. The molecule has 28 heavy (non-hydrogen) atoms. The fourth-order valence-corrected chi connectivity index (χ4v) is 3.10. The Bertz CT molecular complexity index is 927. The summed E-state index contributed by atoms with van der Waals surface area (Å²) >= 11 is 0. The molecule has 3 rings (SSSR count). The van der Waals surface area contributed by atoms with Crippen LogP contribution in [0, 0.1) is 5.82 Å². The zero-order valence-electron chi connectivity index (χ0n) is 15.6. The SMILES string of the molecule is C=C(C)c1ccc(-c2cc(C(=O)OCC)nc3c2CCC(C(F)F)O3)c(F)c1. The molecule has 2 heterocycles. The first kappa shape index (κ1) is 19.9. The Labute approximate surface area is 161 Å². The van der Waals surface area contributed by atoms with Crippen molar-refractivity contribution in [3.63, 3.8) is 0 Å². The van der Waals surface area contributed by atoms with Crippen molar-refractivity contribution in [2.75, 3.05) is 6.61 Å². The summed E-state index contributed by atoms with van der Waals surface area (Å²) in [6, 6.07) is 6.05. The van der Waals surface area contributed by atoms with Crippen molar-refractivity contribution in [2.45, 2.75) is 39.2 Å². The number of aromatic nitrogens is 1. The maximum absolute atomic E-state index is 14.8. The molecule has 1 aliphatic rings. The molecular weight excluding hydrogens is 371 g/mol. The first-order chi connectivity index (χ1) is 13.3. The minimum atomic E-state index is -2.68. The van der Waals surface area contributed by atoms with Gasteiger partial charge in [-0.15, -0.1) is 0 Å². The van der Waals surface area contributed by atoms with Crippen LogP contribution in [0.4, 0.5) is 13.2 Å². The van der Waals surface area contributed by atoms with Gasteiger partial charge in [0, 0.05) is 11.1 Å². The minimum absolute atomic E-state index is 0.0730. The Morgan fingerprint density at radius 2 is 2.11 bits per heavy atom. The summed E-state index contributed by atoms with van der Waals surface area (Å²) in [4.78, 5) is 16.2. The lowest BCUT2D eigenvalue weighted by molar-refractivity contribution is -0.00228. The van der Waals surface area contributed by atoms with Gasteiger partial charge in [0.1, 0.15) is 5.82 Å². The van der Waals surface area contributed by atoms with Crippen molar-refractivity contribution >= 4 is 11.5 Å². The summed E-state index contributed by atoms with van der Waals surface area (Å²) in [5.74, 6) is -1.33. The van der Waals surface area contributed by atoms with Gasteiger partial charge < -0.3 is 9.47 Å². The van der Waals surface area contributed by atoms with E-state index in [1.165, 1.54) is 12.1 Å². The molecule has 0 aliphatic carbocycles. The summed E-state index contributed by atoms with van der Waals surface area (Å²) in [5, 5.41) is 0. The molecule has 0 saturated carbocycles. The van der Waals surface area contributed by atoms with Crippen LogP contribution in [0.25, 0.3) is 16.7 Å². The Morgan fingerprint density at radius 3 is 2.71 bits per heavy atom. The van der Waals surface area contributed by atoms with E-state index in [4.69, 9.17) is 9.47 Å². The highest BCUT2D eigenvalue weighted by Gasteiger charge is 2.31. The average molecular weight is 391 g/mol. The molecule has 0 radical (unpaired) electrons. The van der Waals surface area contributed by atoms with Crippen LogP contribution in [0.3, 0.4) is 0 Å². The van der Waals surface area contributed by atoms with Gasteiger partial charge in [-0.25, -0.2) is 22.9 Å². The fourth-order valence-electron chi connectivity index (χ4n) is 3.10. The van der Waals surface area contributed by atoms with E-state index in [0.717, 1.165) is 0 Å². The summed E-state index contributed by atoms with van der Waals surface area (Å²) in [7, 11) is 0. The number of esters is 1. The number of alkyl halides is 2. The Balaban J connectivity index is 2.14. The Morgan fingerprint density at radius 1 is 1.36 bits per heavy atom. The molecule has 4 nitrogen and oxygen atoms in total. The molecule has 1 unspecified atom stereocenters. The van der Waals surface area contributed by atoms with Crippen molar-refractivity contribution in [2.24, 2.45) is 0 Å². The van der Waals surface area contributed by atoms with Crippen LogP contribution in [0.1, 0.15) is 41.9 Å². The van der Waals surface area contributed by atoms with Crippen LogP contribution in [-0.2, 0) is 11.2 Å². The number of hydrogen-bond donors (Lipinski definition) is 0. The number of rotatable bonds is 5. The maximum Gasteiger partial charge on any atom is 0.357 e. The second-order valence-corrected chi connectivity index (χ2v) is 6.56. The molecule has 1 atom stereocenters. The predicted molar refractivity (Wildman–Crippen MR) is 99.0 cm³/mol. The highest BCUT2D eigenvalue weighted by Crippen LogP contribution is 2.38. The van der Waals surface area contributed by atoms with E-state index in [1.54, 1.807) is 26.0 Å². The normalized spacial score (nSPS) is 15.7. The van der Waals surface area contributed by atoms with Gasteiger partial charge in [0.25, 0.3) is 6.43 Å². The summed E-state index contributed by atoms with van der Waals surface area (Å²) in [6.45, 7) is 7.31. The largest absolute Gasteiger partial charge is 0.468 e. The van der Waals surface area contributed by atoms with Crippen LogP contribution in [-0.4, -0.2) is 30.1 Å². The van der Waals surface area contributed by atoms with E-state index in [-0.39, 0.29) is 36.6 Å². The van der Waals surface area contributed by atoms with Gasteiger partial charge in [-0.2, -0.15) is 0 Å². The predicted octanol–water partition coefficient (Wildman–Crippen LogP) is 5.06. The van der Waals surface area contributed by atoms with E-state index >= 15 is 0 Å². The van der Waals surface area contributed by atoms with E-state index in [9.17, 15) is 18.0 Å². The van der Waals surface area contributed by atoms with Crippen LogP contribution in [0.2, 0.25) is 0 Å². The third-order valence-electron chi connectivity index (χ3n) is 4.55. The van der Waals surface area contributed by atoms with Crippen LogP contribution < -0.4 is 4.74 Å². The molecular formula is C21H20F3NO3. The first-order valence-corrected chi connectivity index (χ1v) is 8.93. The molecule has 0 bridgehead atoms. The molecule has 0 spiro atoms. The number of allylic oxidation sites excluding steroid dienone is 1. The summed E-state index contributed by atoms with van der Waals surface area (Å²) in [5.41, 5.74) is 2.34. The first-order valence-electron chi connectivity index (χ1n) is 8.93. The van der Waals surface area contributed by atoms with Gasteiger partial charge in [-0.1, -0.05) is 24.3 Å². The fraction of sp³-hybridized carbons (Fsp3) is 0.333. The molecule has 148 valence electrons.